The molecule has 3 nitrogen and oxygen atoms in total. The molecule has 0 aliphatic carbocycles. The van der Waals surface area contributed by atoms with Crippen molar-refractivity contribution in [2.75, 3.05) is 5.73 Å². The third-order valence-corrected chi connectivity index (χ3v) is 0.586. The Morgan fingerprint density at radius 2 is 1.70 bits per heavy atom. The molecular weight excluding hydrogens is 126 g/mol. The lowest BCUT2D eigenvalue weighted by Gasteiger charge is -1.82. The van der Waals surface area contributed by atoms with Gasteiger partial charge in [0.1, 0.15) is 0 Å². The second-order valence-corrected chi connectivity index (χ2v) is 1.81. The minimum Gasteiger partial charge on any atom is -0.368 e. The summed E-state index contributed by atoms with van der Waals surface area (Å²) in [6, 6.07) is 1.72. The number of nitrogens with two attached hydrogens (primary N) is 1. The molecule has 0 aliphatic rings. The number of nitrogen functional groups attached to an aromatic ring is 1. The zero-order valence-electron chi connectivity index (χ0n) is 6.41. The minimum absolute atomic E-state index is 0.322. The molecule has 10 heavy (non-hydrogen) atoms. The van der Waals surface area contributed by atoms with Crippen molar-refractivity contribution in [3.8, 4) is 0 Å². The van der Waals surface area contributed by atoms with E-state index in [9.17, 15) is 0 Å². The van der Waals surface area contributed by atoms with Crippen LogP contribution in [0.1, 0.15) is 20.3 Å². The van der Waals surface area contributed by atoms with E-state index < -0.39 is 0 Å². The highest BCUT2D eigenvalue weighted by molar-refractivity contribution is 5.11. The summed E-state index contributed by atoms with van der Waals surface area (Å²) in [7, 11) is 0. The topological polar surface area (TPSA) is 51.8 Å². The van der Waals surface area contributed by atoms with Gasteiger partial charge in [-0.3, -0.25) is 0 Å². The number of hydrogen-bond acceptors (Lipinski definition) is 3. The van der Waals surface area contributed by atoms with Crippen LogP contribution in [0.4, 0.5) is 5.95 Å². The number of nitrogens with zero attached hydrogens (tertiary/aromatic N) is 2. The lowest BCUT2D eigenvalue weighted by molar-refractivity contribution is 1.09. The molecule has 0 spiro atoms. The monoisotopic (exact) mass is 139 g/mol. The quantitative estimate of drug-likeness (QED) is 0.592. The van der Waals surface area contributed by atoms with Crippen molar-refractivity contribution < 1.29 is 0 Å². The van der Waals surface area contributed by atoms with Gasteiger partial charge >= 0.3 is 0 Å². The van der Waals surface area contributed by atoms with Crippen LogP contribution in [0.5, 0.6) is 0 Å². The molecule has 2 N–H and O–H groups in total. The van der Waals surface area contributed by atoms with E-state index in [2.05, 4.69) is 23.8 Å². The Balaban J connectivity index is 0.000000236. The van der Waals surface area contributed by atoms with E-state index in [-0.39, 0.29) is 0 Å². The molecule has 0 radical (unpaired) electrons. The average molecular weight is 139 g/mol. The summed E-state index contributed by atoms with van der Waals surface area (Å²) in [5.41, 5.74) is 5.14. The van der Waals surface area contributed by atoms with Gasteiger partial charge in [0.15, 0.2) is 0 Å². The largest absolute Gasteiger partial charge is 0.368 e. The molecule has 0 aliphatic heterocycles. The van der Waals surface area contributed by atoms with Crippen molar-refractivity contribution in [3.05, 3.63) is 18.5 Å². The zero-order chi connectivity index (χ0) is 7.82. The van der Waals surface area contributed by atoms with Crippen LogP contribution in [0.15, 0.2) is 18.5 Å². The van der Waals surface area contributed by atoms with Crippen LogP contribution in [-0.2, 0) is 0 Å². The van der Waals surface area contributed by atoms with Gasteiger partial charge in [-0.15, -0.1) is 0 Å². The first-order valence-corrected chi connectivity index (χ1v) is 3.33. The lowest BCUT2D eigenvalue weighted by Crippen LogP contribution is -1.90. The van der Waals surface area contributed by atoms with Crippen LogP contribution >= 0.6 is 0 Å². The van der Waals surface area contributed by atoms with Gasteiger partial charge in [0.25, 0.3) is 0 Å². The highest BCUT2D eigenvalue weighted by Crippen LogP contribution is 1.81. The Bertz CT molecular complexity index is 150. The summed E-state index contributed by atoms with van der Waals surface area (Å²) in [6.45, 7) is 4.25. The Morgan fingerprint density at radius 1 is 1.30 bits per heavy atom. The van der Waals surface area contributed by atoms with Crippen LogP contribution in [0, 0.1) is 0 Å². The molecule has 0 saturated heterocycles. The van der Waals surface area contributed by atoms with E-state index in [1.165, 1.54) is 6.42 Å². The molecule has 0 aromatic carbocycles. The molecule has 1 rings (SSSR count). The smallest absolute Gasteiger partial charge is 0.219 e. The molecule has 0 fully saturated rings. The lowest BCUT2D eigenvalue weighted by atomic mass is 10.6. The molecule has 0 bridgehead atoms. The van der Waals surface area contributed by atoms with Crippen LogP contribution in [0.25, 0.3) is 0 Å². The van der Waals surface area contributed by atoms with Gasteiger partial charge in [0.2, 0.25) is 5.95 Å². The molecule has 56 valence electrons. The van der Waals surface area contributed by atoms with Gasteiger partial charge in [-0.1, -0.05) is 20.3 Å². The van der Waals surface area contributed by atoms with Crippen molar-refractivity contribution in [2.24, 2.45) is 0 Å². The van der Waals surface area contributed by atoms with Crippen molar-refractivity contribution in [2.45, 2.75) is 20.3 Å². The Hall–Kier alpha value is -1.12. The maximum Gasteiger partial charge on any atom is 0.219 e. The number of aromatic nitrogens is 2. The van der Waals surface area contributed by atoms with Gasteiger partial charge in [-0.05, 0) is 6.07 Å². The number of hydrogen-bond donors (Lipinski definition) is 1. The standard InChI is InChI=1S/C4H5N3.C3H8/c5-4-6-2-1-3-7-4;1-3-2/h1-3H,(H2,5,6,7);3H2,1-2H3. The third-order valence-electron chi connectivity index (χ3n) is 0.586. The zero-order valence-corrected chi connectivity index (χ0v) is 6.41. The first kappa shape index (κ1) is 8.88. The number of anilines is 1. The van der Waals surface area contributed by atoms with Gasteiger partial charge in [0, 0.05) is 12.4 Å². The van der Waals surface area contributed by atoms with E-state index in [1.54, 1.807) is 18.5 Å². The first-order chi connectivity index (χ1) is 4.81. The molecule has 0 amide bonds. The van der Waals surface area contributed by atoms with Crippen molar-refractivity contribution in [1.82, 2.24) is 9.97 Å². The highest BCUT2D eigenvalue weighted by atomic mass is 15.0. The minimum atomic E-state index is 0.322. The predicted octanol–water partition coefficient (Wildman–Crippen LogP) is 1.48. The van der Waals surface area contributed by atoms with Crippen LogP contribution in [0.3, 0.4) is 0 Å². The SMILES string of the molecule is CCC.Nc1ncccn1. The molecule has 1 aromatic rings. The average Bonchev–Trinajstić information content (AvgIpc) is 1.91. The fraction of sp³-hybridized carbons (Fsp3) is 0.429. The molecular formula is C7H13N3. The van der Waals surface area contributed by atoms with Gasteiger partial charge in [-0.2, -0.15) is 0 Å². The van der Waals surface area contributed by atoms with Crippen LogP contribution in [0.2, 0.25) is 0 Å². The van der Waals surface area contributed by atoms with E-state index in [0.717, 1.165) is 0 Å². The summed E-state index contributed by atoms with van der Waals surface area (Å²) in [5.74, 6) is 0.322. The van der Waals surface area contributed by atoms with Gasteiger partial charge in [0.05, 0.1) is 0 Å². The van der Waals surface area contributed by atoms with Crippen molar-refractivity contribution in [3.63, 3.8) is 0 Å². The molecule has 1 heterocycles. The second-order valence-electron chi connectivity index (χ2n) is 1.81. The molecule has 1 aromatic heterocycles. The van der Waals surface area contributed by atoms with Crippen LogP contribution in [-0.4, -0.2) is 9.97 Å². The Kier molecular flexibility index (Phi) is 5.33. The fourth-order valence-electron chi connectivity index (χ4n) is 0.311. The van der Waals surface area contributed by atoms with Crippen molar-refractivity contribution >= 4 is 5.95 Å². The summed E-state index contributed by atoms with van der Waals surface area (Å²) in [5, 5.41) is 0. The number of rotatable bonds is 0. The summed E-state index contributed by atoms with van der Waals surface area (Å²) >= 11 is 0. The highest BCUT2D eigenvalue weighted by Gasteiger charge is 1.75. The predicted molar refractivity (Wildman–Crippen MR) is 42.4 cm³/mol. The Morgan fingerprint density at radius 3 is 1.90 bits per heavy atom. The molecule has 0 saturated carbocycles. The van der Waals surface area contributed by atoms with E-state index in [4.69, 9.17) is 5.73 Å². The maximum atomic E-state index is 5.14. The first-order valence-electron chi connectivity index (χ1n) is 3.33. The van der Waals surface area contributed by atoms with Crippen LogP contribution < -0.4 is 5.73 Å². The van der Waals surface area contributed by atoms with Crippen molar-refractivity contribution in [1.29, 1.82) is 0 Å². The third kappa shape index (κ3) is 5.03. The van der Waals surface area contributed by atoms with Gasteiger partial charge < -0.3 is 5.73 Å². The van der Waals surface area contributed by atoms with E-state index in [0.29, 0.717) is 5.95 Å². The second kappa shape index (κ2) is 6.01. The fourth-order valence-corrected chi connectivity index (χ4v) is 0.311. The summed E-state index contributed by atoms with van der Waals surface area (Å²) < 4.78 is 0. The molecule has 0 atom stereocenters. The molecule has 0 unspecified atom stereocenters. The normalized spacial score (nSPS) is 7.80. The summed E-state index contributed by atoms with van der Waals surface area (Å²) in [6.07, 6.45) is 4.45. The van der Waals surface area contributed by atoms with E-state index in [1.807, 2.05) is 0 Å². The maximum absolute atomic E-state index is 5.14. The summed E-state index contributed by atoms with van der Waals surface area (Å²) in [4.78, 5) is 7.29. The van der Waals surface area contributed by atoms with E-state index >= 15 is 0 Å². The molecule has 3 heteroatoms. The van der Waals surface area contributed by atoms with Gasteiger partial charge in [-0.25, -0.2) is 9.97 Å². The Labute approximate surface area is 61.3 Å².